The van der Waals surface area contributed by atoms with Crippen LogP contribution in [0.15, 0.2) is 30.3 Å². The first-order valence-electron chi connectivity index (χ1n) is 10.3. The molecule has 0 saturated carbocycles. The molecule has 0 aliphatic carbocycles. The molecule has 1 unspecified atom stereocenters. The van der Waals surface area contributed by atoms with Gasteiger partial charge in [0.2, 0.25) is 0 Å². The van der Waals surface area contributed by atoms with Gasteiger partial charge in [-0.3, -0.25) is 4.52 Å². The van der Waals surface area contributed by atoms with E-state index < -0.39 is 36.8 Å². The molecule has 194 valence electrons. The minimum Gasteiger partial charge on any atom is -0.323 e. The highest BCUT2D eigenvalue weighted by Gasteiger charge is 2.43. The van der Waals surface area contributed by atoms with Crippen molar-refractivity contribution < 1.29 is 45.2 Å². The van der Waals surface area contributed by atoms with Gasteiger partial charge in [-0.2, -0.15) is 26.3 Å². The quantitative estimate of drug-likeness (QED) is 0.158. The maximum atomic E-state index is 13.0. The van der Waals surface area contributed by atoms with Crippen molar-refractivity contribution in [2.75, 3.05) is 6.61 Å². The number of hydrogen-bond acceptors (Lipinski definition) is 4. The number of benzene rings is 1. The van der Waals surface area contributed by atoms with E-state index in [1.165, 1.54) is 11.3 Å². The average Bonchev–Trinajstić information content (AvgIpc) is 3.17. The Bertz CT molecular complexity index is 1110. The van der Waals surface area contributed by atoms with Crippen LogP contribution in [0.1, 0.15) is 52.6 Å². The van der Waals surface area contributed by atoms with Gasteiger partial charge in [0, 0.05) is 16.8 Å². The van der Waals surface area contributed by atoms with E-state index in [-0.39, 0.29) is 18.6 Å². The number of phosphoric acid groups is 1. The van der Waals surface area contributed by atoms with Crippen molar-refractivity contribution in [2.45, 2.75) is 56.9 Å². The molecular formula is C22H24F6NO4PS. The van der Waals surface area contributed by atoms with Crippen molar-refractivity contribution in [1.29, 1.82) is 0 Å². The lowest BCUT2D eigenvalue weighted by atomic mass is 9.98. The minimum absolute atomic E-state index is 0.150. The number of thiophene rings is 1. The summed E-state index contributed by atoms with van der Waals surface area (Å²) in [5.74, 6) is 5.84. The number of phosphoric ester groups is 1. The van der Waals surface area contributed by atoms with Gasteiger partial charge in [-0.15, -0.1) is 11.3 Å². The average molecular weight is 543 g/mol. The number of halogens is 6. The molecule has 2 aromatic rings. The van der Waals surface area contributed by atoms with Crippen LogP contribution in [-0.4, -0.2) is 21.9 Å². The zero-order valence-corrected chi connectivity index (χ0v) is 20.3. The van der Waals surface area contributed by atoms with Crippen LogP contribution >= 0.6 is 19.2 Å². The third-order valence-corrected chi connectivity index (χ3v) is 6.37. The smallest absolute Gasteiger partial charge is 0.323 e. The van der Waals surface area contributed by atoms with Gasteiger partial charge >= 0.3 is 20.2 Å². The maximum absolute atomic E-state index is 13.0. The first-order valence-corrected chi connectivity index (χ1v) is 12.6. The van der Waals surface area contributed by atoms with E-state index in [9.17, 15) is 30.9 Å². The van der Waals surface area contributed by atoms with Crippen LogP contribution < -0.4 is 5.73 Å². The number of unbranched alkanes of at least 4 members (excludes halogenated alkanes) is 1. The fourth-order valence-electron chi connectivity index (χ4n) is 3.05. The summed E-state index contributed by atoms with van der Waals surface area (Å²) in [4.78, 5) is 19.2. The molecule has 4 N–H and O–H groups in total. The minimum atomic E-state index is -5.11. The zero-order chi connectivity index (χ0) is 26.5. The highest BCUT2D eigenvalue weighted by Crippen LogP contribution is 2.41. The third-order valence-electron chi connectivity index (χ3n) is 4.84. The van der Waals surface area contributed by atoms with Crippen molar-refractivity contribution in [2.24, 2.45) is 5.73 Å². The summed E-state index contributed by atoms with van der Waals surface area (Å²) in [7, 11) is -4.60. The van der Waals surface area contributed by atoms with Crippen molar-refractivity contribution in [1.82, 2.24) is 0 Å². The van der Waals surface area contributed by atoms with Crippen LogP contribution in [0, 0.1) is 11.8 Å². The fourth-order valence-corrected chi connectivity index (χ4v) is 4.40. The van der Waals surface area contributed by atoms with Crippen molar-refractivity contribution in [3.8, 4) is 11.8 Å². The van der Waals surface area contributed by atoms with Crippen molar-refractivity contribution in [3.05, 3.63) is 56.8 Å². The summed E-state index contributed by atoms with van der Waals surface area (Å²) in [6.07, 6.45) is -8.38. The normalized spacial score (nSPS) is 14.3. The van der Waals surface area contributed by atoms with Crippen molar-refractivity contribution in [3.63, 3.8) is 0 Å². The van der Waals surface area contributed by atoms with Gasteiger partial charge in [-0.05, 0) is 62.4 Å². The molecule has 0 fully saturated rings. The van der Waals surface area contributed by atoms with Gasteiger partial charge in [-0.1, -0.05) is 17.9 Å². The molecule has 1 atom stereocenters. The molecule has 0 amide bonds. The molecule has 13 heteroatoms. The van der Waals surface area contributed by atoms with Crippen molar-refractivity contribution >= 4 is 19.2 Å². The molecule has 0 aliphatic heterocycles. The molecule has 0 radical (unpaired) electrons. The number of alkyl halides is 6. The maximum Gasteiger partial charge on any atom is 0.469 e. The Morgan fingerprint density at radius 3 is 2.29 bits per heavy atom. The molecule has 35 heavy (non-hydrogen) atoms. The van der Waals surface area contributed by atoms with Crippen LogP contribution in [0.25, 0.3) is 0 Å². The summed E-state index contributed by atoms with van der Waals surface area (Å²) in [5, 5.41) is 0. The second-order valence-electron chi connectivity index (χ2n) is 8.21. The molecular weight excluding hydrogens is 519 g/mol. The first-order chi connectivity index (χ1) is 16.0. The monoisotopic (exact) mass is 543 g/mol. The topological polar surface area (TPSA) is 92.8 Å². The van der Waals surface area contributed by atoms with Crippen LogP contribution in [0.2, 0.25) is 0 Å². The Hall–Kier alpha value is -1.87. The molecule has 0 bridgehead atoms. The largest absolute Gasteiger partial charge is 0.469 e. The van der Waals surface area contributed by atoms with Crippen LogP contribution in [0.3, 0.4) is 0 Å². The predicted molar refractivity (Wildman–Crippen MR) is 119 cm³/mol. The molecule has 1 aromatic carbocycles. The second-order valence-corrected chi connectivity index (χ2v) is 10.6. The summed E-state index contributed by atoms with van der Waals surface area (Å²) in [6, 6.07) is 5.68. The Balaban J connectivity index is 1.88. The zero-order valence-electron chi connectivity index (χ0n) is 18.5. The lowest BCUT2D eigenvalue weighted by molar-refractivity contribution is -0.162. The van der Waals surface area contributed by atoms with E-state index >= 15 is 0 Å². The SMILES string of the molecule is CC(N)(CCc1ccc(C#CCCCc2ccc(C(F)(F)F)c(C(F)(F)F)c2)s1)COP(=O)(O)O. The van der Waals surface area contributed by atoms with Gasteiger partial charge in [0.05, 0.1) is 22.6 Å². The van der Waals surface area contributed by atoms with E-state index in [1.54, 1.807) is 13.0 Å². The summed E-state index contributed by atoms with van der Waals surface area (Å²) < 4.78 is 92.9. The van der Waals surface area contributed by atoms with E-state index in [4.69, 9.17) is 15.5 Å². The van der Waals surface area contributed by atoms with Crippen LogP contribution in [-0.2, 0) is 34.3 Å². The summed E-state index contributed by atoms with van der Waals surface area (Å²) in [5.41, 5.74) is 1.81. The highest BCUT2D eigenvalue weighted by atomic mass is 32.1. The highest BCUT2D eigenvalue weighted by molar-refractivity contribution is 7.46. The number of rotatable bonds is 9. The first kappa shape index (κ1) is 29.4. The van der Waals surface area contributed by atoms with E-state index in [0.717, 1.165) is 15.8 Å². The third kappa shape index (κ3) is 10.3. The number of hydrogen-bond donors (Lipinski definition) is 3. The van der Waals surface area contributed by atoms with E-state index in [0.29, 0.717) is 37.8 Å². The lowest BCUT2D eigenvalue weighted by Gasteiger charge is -2.24. The molecule has 0 spiro atoms. The summed E-state index contributed by atoms with van der Waals surface area (Å²) >= 11 is 1.41. The molecule has 5 nitrogen and oxygen atoms in total. The van der Waals surface area contributed by atoms with E-state index in [2.05, 4.69) is 16.4 Å². The van der Waals surface area contributed by atoms with Crippen LogP contribution in [0.4, 0.5) is 26.3 Å². The van der Waals surface area contributed by atoms with Gasteiger partial charge in [0.15, 0.2) is 0 Å². The Kier molecular flexibility index (Phi) is 9.61. The molecule has 1 aromatic heterocycles. The molecule has 2 rings (SSSR count). The summed E-state index contributed by atoms with van der Waals surface area (Å²) in [6.45, 7) is 1.31. The molecule has 0 aliphatic rings. The van der Waals surface area contributed by atoms with Gasteiger partial charge in [0.1, 0.15) is 0 Å². The predicted octanol–water partition coefficient (Wildman–Crippen LogP) is 5.92. The Morgan fingerprint density at radius 2 is 1.69 bits per heavy atom. The molecule has 0 saturated heterocycles. The van der Waals surface area contributed by atoms with Gasteiger partial charge in [-0.25, -0.2) is 4.57 Å². The standard InChI is InChI=1S/C22H24F6NO4PS/c1-20(29,14-33-34(30,31)32)12-11-17-9-8-16(35-17)6-4-2-3-5-15-7-10-18(21(23,24)25)19(13-15)22(26,27)28/h7-10,13H,2-3,5,11-12,14,29H2,1H3,(H2,30,31,32). The van der Waals surface area contributed by atoms with Gasteiger partial charge < -0.3 is 15.5 Å². The van der Waals surface area contributed by atoms with Gasteiger partial charge in [0.25, 0.3) is 0 Å². The van der Waals surface area contributed by atoms with E-state index in [1.807, 2.05) is 6.07 Å². The fraction of sp³-hybridized carbons (Fsp3) is 0.455. The number of aryl methyl sites for hydroxylation is 2. The lowest BCUT2D eigenvalue weighted by Crippen LogP contribution is -2.41. The Labute approximate surface area is 202 Å². The molecule has 1 heterocycles. The van der Waals surface area contributed by atoms with Crippen LogP contribution in [0.5, 0.6) is 0 Å². The second kappa shape index (κ2) is 11.5. The number of nitrogens with two attached hydrogens (primary N) is 1. The Morgan fingerprint density at radius 1 is 1.03 bits per heavy atom.